The zero-order valence-corrected chi connectivity index (χ0v) is 18.4. The highest BCUT2D eigenvalue weighted by atomic mass is 16.3. The molecule has 0 spiro atoms. The van der Waals surface area contributed by atoms with Crippen LogP contribution in [0.2, 0.25) is 0 Å². The zero-order chi connectivity index (χ0) is 23.0. The number of aromatic amines is 1. The third-order valence-electron chi connectivity index (χ3n) is 5.54. The first kappa shape index (κ1) is 21.0. The second kappa shape index (κ2) is 8.22. The van der Waals surface area contributed by atoms with Gasteiger partial charge < -0.3 is 15.4 Å². The van der Waals surface area contributed by atoms with Crippen molar-refractivity contribution >= 4 is 11.7 Å². The van der Waals surface area contributed by atoms with Crippen LogP contribution in [-0.2, 0) is 5.60 Å². The summed E-state index contributed by atoms with van der Waals surface area (Å²) in [5, 5.41) is 12.9. The van der Waals surface area contributed by atoms with Crippen LogP contribution in [0.1, 0.15) is 54.6 Å². The molecule has 1 amide bonds. The number of hydrogen-bond acceptors (Lipinski definition) is 6. The minimum Gasteiger partial charge on any atom is -0.384 e. The summed E-state index contributed by atoms with van der Waals surface area (Å²) in [6, 6.07) is 12.6. The Morgan fingerprint density at radius 1 is 1.06 bits per heavy atom. The van der Waals surface area contributed by atoms with Crippen LogP contribution in [-0.4, -0.2) is 35.9 Å². The number of aliphatic hydroxyl groups is 1. The molecule has 4 aromatic heterocycles. The van der Waals surface area contributed by atoms with E-state index in [0.29, 0.717) is 23.1 Å². The molecule has 4 heterocycles. The molecule has 0 saturated heterocycles. The van der Waals surface area contributed by atoms with Gasteiger partial charge in [-0.15, -0.1) is 0 Å². The van der Waals surface area contributed by atoms with Gasteiger partial charge in [0.25, 0.3) is 5.91 Å². The van der Waals surface area contributed by atoms with E-state index in [2.05, 4.69) is 30.2 Å². The maximum atomic E-state index is 12.9. The zero-order valence-electron chi connectivity index (χ0n) is 18.4. The Bertz CT molecular complexity index is 1300. The van der Waals surface area contributed by atoms with E-state index < -0.39 is 5.60 Å². The van der Waals surface area contributed by atoms with Gasteiger partial charge in [0.15, 0.2) is 0 Å². The van der Waals surface area contributed by atoms with Crippen LogP contribution in [0.15, 0.2) is 61.1 Å². The van der Waals surface area contributed by atoms with Gasteiger partial charge in [-0.25, -0.2) is 9.97 Å². The molecule has 1 aliphatic rings. The Morgan fingerprint density at radius 3 is 2.64 bits per heavy atom. The molecule has 0 unspecified atom stereocenters. The maximum Gasteiger partial charge on any atom is 0.275 e. The molecule has 0 bridgehead atoms. The van der Waals surface area contributed by atoms with E-state index >= 15 is 0 Å². The lowest BCUT2D eigenvalue weighted by Crippen LogP contribution is -2.17. The van der Waals surface area contributed by atoms with Crippen molar-refractivity contribution in [3.8, 4) is 22.5 Å². The Morgan fingerprint density at radius 2 is 1.91 bits per heavy atom. The van der Waals surface area contributed by atoms with Crippen molar-refractivity contribution in [2.24, 2.45) is 0 Å². The van der Waals surface area contributed by atoms with Crippen LogP contribution in [0.3, 0.4) is 0 Å². The lowest BCUT2D eigenvalue weighted by Gasteiger charge is -2.16. The topological polar surface area (TPSA) is 117 Å². The molecule has 1 fully saturated rings. The van der Waals surface area contributed by atoms with Crippen LogP contribution in [0.5, 0.6) is 0 Å². The van der Waals surface area contributed by atoms with Crippen LogP contribution in [0, 0.1) is 0 Å². The fraction of sp³-hybridized carbons (Fsp3) is 0.240. The number of hydrogen-bond donors (Lipinski definition) is 3. The summed E-state index contributed by atoms with van der Waals surface area (Å²) in [6.45, 7) is 3.37. The van der Waals surface area contributed by atoms with Crippen LogP contribution < -0.4 is 5.32 Å². The normalized spacial score (nSPS) is 13.7. The first-order chi connectivity index (χ1) is 15.9. The lowest BCUT2D eigenvalue weighted by atomic mass is 10.0. The Balaban J connectivity index is 1.33. The standard InChI is InChI=1S/C25H24N6O2/c1-25(2,33)21-9-8-17(13-27-21)16-10-11-26-19(12-16)24(32)31-22-5-3-4-18(29-22)20-14-28-23(30-20)15-6-7-15/h3-5,8-15,33H,6-7H2,1-2H3,(H,28,30)(H,29,31,32). The van der Waals surface area contributed by atoms with Crippen molar-refractivity contribution in [3.05, 3.63) is 78.3 Å². The molecule has 0 radical (unpaired) electrons. The predicted molar refractivity (Wildman–Crippen MR) is 124 cm³/mol. The molecule has 3 N–H and O–H groups in total. The predicted octanol–water partition coefficient (Wildman–Crippen LogP) is 4.29. The van der Waals surface area contributed by atoms with Gasteiger partial charge in [0.1, 0.15) is 22.9 Å². The number of rotatable bonds is 6. The fourth-order valence-electron chi connectivity index (χ4n) is 3.53. The van der Waals surface area contributed by atoms with Crippen LogP contribution >= 0.6 is 0 Å². The number of H-pyrrole nitrogens is 1. The Hall–Kier alpha value is -3.91. The molecule has 1 aliphatic carbocycles. The third kappa shape index (κ3) is 4.65. The number of aromatic nitrogens is 5. The number of anilines is 1. The van der Waals surface area contributed by atoms with E-state index in [0.717, 1.165) is 22.6 Å². The molecule has 4 aromatic rings. The minimum absolute atomic E-state index is 0.267. The van der Waals surface area contributed by atoms with Crippen molar-refractivity contribution in [1.29, 1.82) is 0 Å². The summed E-state index contributed by atoms with van der Waals surface area (Å²) in [7, 11) is 0. The monoisotopic (exact) mass is 440 g/mol. The van der Waals surface area contributed by atoms with E-state index in [4.69, 9.17) is 0 Å². The summed E-state index contributed by atoms with van der Waals surface area (Å²) in [5.74, 6) is 1.60. The summed E-state index contributed by atoms with van der Waals surface area (Å²) in [4.78, 5) is 33.7. The van der Waals surface area contributed by atoms with Gasteiger partial charge in [-0.1, -0.05) is 12.1 Å². The Labute approximate surface area is 191 Å². The molecule has 33 heavy (non-hydrogen) atoms. The van der Waals surface area contributed by atoms with Gasteiger partial charge in [-0.05, 0) is 62.6 Å². The molecule has 8 heteroatoms. The van der Waals surface area contributed by atoms with Gasteiger partial charge in [-0.2, -0.15) is 0 Å². The first-order valence-corrected chi connectivity index (χ1v) is 10.9. The highest BCUT2D eigenvalue weighted by Crippen LogP contribution is 2.38. The number of carbonyl (C=O) groups excluding carboxylic acids is 1. The number of nitrogens with zero attached hydrogens (tertiary/aromatic N) is 4. The summed E-state index contributed by atoms with van der Waals surface area (Å²) < 4.78 is 0. The van der Waals surface area contributed by atoms with Crippen LogP contribution in [0.4, 0.5) is 5.82 Å². The van der Waals surface area contributed by atoms with E-state index in [-0.39, 0.29) is 11.6 Å². The van der Waals surface area contributed by atoms with Crippen molar-refractivity contribution in [3.63, 3.8) is 0 Å². The molecular formula is C25H24N6O2. The molecular weight excluding hydrogens is 416 g/mol. The molecule has 166 valence electrons. The molecule has 0 atom stereocenters. The molecule has 1 saturated carbocycles. The van der Waals surface area contributed by atoms with Crippen molar-refractivity contribution in [2.45, 2.75) is 38.2 Å². The van der Waals surface area contributed by atoms with E-state index in [9.17, 15) is 9.90 Å². The molecule has 0 aliphatic heterocycles. The smallest absolute Gasteiger partial charge is 0.275 e. The average Bonchev–Trinajstić information content (AvgIpc) is 3.55. The SMILES string of the molecule is CC(C)(O)c1ccc(-c2ccnc(C(=O)Nc3cccc(-c4cnc(C5CC5)[nH]4)n3)c2)cn1. The average molecular weight is 441 g/mol. The van der Waals surface area contributed by atoms with Crippen molar-refractivity contribution in [2.75, 3.05) is 5.32 Å². The van der Waals surface area contributed by atoms with Crippen LogP contribution in [0.25, 0.3) is 22.5 Å². The van der Waals surface area contributed by atoms with Gasteiger partial charge in [-0.3, -0.25) is 14.8 Å². The van der Waals surface area contributed by atoms with Crippen molar-refractivity contribution in [1.82, 2.24) is 24.9 Å². The number of amides is 1. The van der Waals surface area contributed by atoms with Gasteiger partial charge in [0, 0.05) is 23.9 Å². The summed E-state index contributed by atoms with van der Waals surface area (Å²) in [5.41, 5.74) is 3.00. The fourth-order valence-corrected chi connectivity index (χ4v) is 3.53. The van der Waals surface area contributed by atoms with E-state index in [1.54, 1.807) is 50.6 Å². The minimum atomic E-state index is -1.01. The number of nitrogens with one attached hydrogen (secondary N) is 2. The number of pyridine rings is 3. The van der Waals surface area contributed by atoms with E-state index in [1.807, 2.05) is 24.3 Å². The summed E-state index contributed by atoms with van der Waals surface area (Å²) in [6.07, 6.45) is 7.38. The number of imidazole rings is 1. The number of carbonyl (C=O) groups is 1. The van der Waals surface area contributed by atoms with E-state index in [1.165, 1.54) is 12.8 Å². The second-order valence-electron chi connectivity index (χ2n) is 8.74. The maximum absolute atomic E-state index is 12.9. The Kier molecular flexibility index (Phi) is 5.22. The quantitative estimate of drug-likeness (QED) is 0.412. The lowest BCUT2D eigenvalue weighted by molar-refractivity contribution is 0.0739. The van der Waals surface area contributed by atoms with Gasteiger partial charge in [0.05, 0.1) is 23.3 Å². The second-order valence-corrected chi connectivity index (χ2v) is 8.74. The highest BCUT2D eigenvalue weighted by molar-refractivity contribution is 6.03. The largest absolute Gasteiger partial charge is 0.384 e. The molecule has 5 rings (SSSR count). The highest BCUT2D eigenvalue weighted by Gasteiger charge is 2.26. The van der Waals surface area contributed by atoms with Crippen molar-refractivity contribution < 1.29 is 9.90 Å². The van der Waals surface area contributed by atoms with Gasteiger partial charge in [0.2, 0.25) is 0 Å². The van der Waals surface area contributed by atoms with Gasteiger partial charge >= 0.3 is 0 Å². The third-order valence-corrected chi connectivity index (χ3v) is 5.54. The molecule has 8 nitrogen and oxygen atoms in total. The molecule has 0 aromatic carbocycles. The summed E-state index contributed by atoms with van der Waals surface area (Å²) >= 11 is 0. The first-order valence-electron chi connectivity index (χ1n) is 10.9.